The predicted molar refractivity (Wildman–Crippen MR) is 134 cm³/mol. The van der Waals surface area contributed by atoms with Crippen LogP contribution in [0.1, 0.15) is 60.1 Å². The summed E-state index contributed by atoms with van der Waals surface area (Å²) in [6.07, 6.45) is 1.69. The van der Waals surface area contributed by atoms with Crippen LogP contribution in [-0.2, 0) is 10.2 Å². The van der Waals surface area contributed by atoms with Crippen LogP contribution in [0.25, 0.3) is 6.08 Å². The van der Waals surface area contributed by atoms with E-state index in [0.717, 1.165) is 10.4 Å². The first-order valence-electron chi connectivity index (χ1n) is 10.8. The molecule has 33 heavy (non-hydrogen) atoms. The normalized spacial score (nSPS) is 12.7. The second-order valence-electron chi connectivity index (χ2n) is 8.82. The van der Waals surface area contributed by atoms with E-state index in [0.29, 0.717) is 11.3 Å². The highest BCUT2D eigenvalue weighted by Gasteiger charge is 2.19. The molecule has 2 aromatic carbocycles. The summed E-state index contributed by atoms with van der Waals surface area (Å²) in [4.78, 5) is 26.8. The van der Waals surface area contributed by atoms with Crippen molar-refractivity contribution in [3.8, 4) is 5.75 Å². The van der Waals surface area contributed by atoms with Crippen molar-refractivity contribution in [3.63, 3.8) is 0 Å². The fourth-order valence-corrected chi connectivity index (χ4v) is 3.90. The van der Waals surface area contributed by atoms with Gasteiger partial charge in [0.15, 0.2) is 0 Å². The van der Waals surface area contributed by atoms with E-state index in [1.807, 2.05) is 36.6 Å². The molecule has 0 saturated carbocycles. The van der Waals surface area contributed by atoms with Gasteiger partial charge in [-0.15, -0.1) is 11.3 Å². The minimum atomic E-state index is -0.363. The number of nitrogens with one attached hydrogen (secondary N) is 2. The summed E-state index contributed by atoms with van der Waals surface area (Å²) in [6.45, 7) is 8.43. The van der Waals surface area contributed by atoms with Crippen molar-refractivity contribution in [2.75, 3.05) is 7.11 Å². The van der Waals surface area contributed by atoms with Gasteiger partial charge in [-0.1, -0.05) is 51.1 Å². The number of hydrogen-bond donors (Lipinski definition) is 2. The Balaban J connectivity index is 1.77. The van der Waals surface area contributed by atoms with Gasteiger partial charge >= 0.3 is 0 Å². The summed E-state index contributed by atoms with van der Waals surface area (Å²) in [5.41, 5.74) is 2.92. The first kappa shape index (κ1) is 24.3. The maximum absolute atomic E-state index is 13.1. The quantitative estimate of drug-likeness (QED) is 0.443. The Labute approximate surface area is 199 Å². The Kier molecular flexibility index (Phi) is 7.71. The molecule has 3 rings (SSSR count). The standard InChI is InChI=1S/C27H30N2O3S/c1-18(19-8-12-21(13-9-19)27(2,3)4)28-26(31)24(17-23-7-6-16-33-23)29-25(30)20-10-14-22(32-5)15-11-20/h6-18H,1-5H3,(H,28,31)(H,29,30)/b24-17-/t18-/m0/s1. The van der Waals surface area contributed by atoms with Gasteiger partial charge in [0.05, 0.1) is 13.2 Å². The Morgan fingerprint density at radius 3 is 2.21 bits per heavy atom. The van der Waals surface area contributed by atoms with Crippen LogP contribution < -0.4 is 15.4 Å². The van der Waals surface area contributed by atoms with Gasteiger partial charge in [-0.25, -0.2) is 0 Å². The van der Waals surface area contributed by atoms with Crippen LogP contribution in [0.2, 0.25) is 0 Å². The van der Waals surface area contributed by atoms with Gasteiger partial charge < -0.3 is 15.4 Å². The van der Waals surface area contributed by atoms with E-state index in [9.17, 15) is 9.59 Å². The maximum atomic E-state index is 13.1. The van der Waals surface area contributed by atoms with Crippen molar-refractivity contribution in [1.82, 2.24) is 10.6 Å². The number of carbonyl (C=O) groups excluding carboxylic acids is 2. The van der Waals surface area contributed by atoms with Gasteiger partial charge in [0, 0.05) is 10.4 Å². The molecule has 0 unspecified atom stereocenters. The number of methoxy groups -OCH3 is 1. The minimum absolute atomic E-state index is 0.0629. The molecule has 0 saturated heterocycles. The fraction of sp³-hybridized carbons (Fsp3) is 0.259. The van der Waals surface area contributed by atoms with Crippen molar-refractivity contribution in [2.24, 2.45) is 0 Å². The molecule has 172 valence electrons. The zero-order valence-corrected chi connectivity index (χ0v) is 20.5. The Bertz CT molecular complexity index is 1110. The average Bonchev–Trinajstić information content (AvgIpc) is 3.31. The number of hydrogen-bond acceptors (Lipinski definition) is 4. The highest BCUT2D eigenvalue weighted by molar-refractivity contribution is 7.10. The lowest BCUT2D eigenvalue weighted by Crippen LogP contribution is -2.36. The molecule has 0 fully saturated rings. The number of ether oxygens (including phenoxy) is 1. The number of amides is 2. The van der Waals surface area contributed by atoms with E-state index in [2.05, 4.69) is 43.5 Å². The molecule has 0 aliphatic heterocycles. The molecule has 5 nitrogen and oxygen atoms in total. The Morgan fingerprint density at radius 1 is 1.00 bits per heavy atom. The van der Waals surface area contributed by atoms with E-state index >= 15 is 0 Å². The molecule has 1 heterocycles. The van der Waals surface area contributed by atoms with Crippen molar-refractivity contribution in [2.45, 2.75) is 39.2 Å². The summed E-state index contributed by atoms with van der Waals surface area (Å²) in [5.74, 6) is -0.0552. The lowest BCUT2D eigenvalue weighted by molar-refractivity contribution is -0.118. The summed E-state index contributed by atoms with van der Waals surface area (Å²) in [5, 5.41) is 7.70. The van der Waals surface area contributed by atoms with Crippen LogP contribution in [0.3, 0.4) is 0 Å². The number of rotatable bonds is 7. The molecule has 0 aliphatic carbocycles. The second-order valence-corrected chi connectivity index (χ2v) is 9.80. The number of benzene rings is 2. The van der Waals surface area contributed by atoms with Gasteiger partial charge in [-0.05, 0) is 65.3 Å². The highest BCUT2D eigenvalue weighted by Crippen LogP contribution is 2.24. The van der Waals surface area contributed by atoms with E-state index in [1.165, 1.54) is 16.9 Å². The van der Waals surface area contributed by atoms with Gasteiger partial charge in [-0.2, -0.15) is 0 Å². The smallest absolute Gasteiger partial charge is 0.268 e. The predicted octanol–water partition coefficient (Wildman–Crippen LogP) is 5.70. The van der Waals surface area contributed by atoms with Crippen LogP contribution >= 0.6 is 11.3 Å². The monoisotopic (exact) mass is 462 g/mol. The van der Waals surface area contributed by atoms with Crippen LogP contribution in [0.15, 0.2) is 71.7 Å². The van der Waals surface area contributed by atoms with Gasteiger partial charge in [0.2, 0.25) is 0 Å². The van der Waals surface area contributed by atoms with Gasteiger partial charge in [0.25, 0.3) is 11.8 Å². The van der Waals surface area contributed by atoms with Crippen molar-refractivity contribution >= 4 is 29.2 Å². The lowest BCUT2D eigenvalue weighted by atomic mass is 9.86. The highest BCUT2D eigenvalue weighted by atomic mass is 32.1. The summed E-state index contributed by atoms with van der Waals surface area (Å²) < 4.78 is 5.14. The van der Waals surface area contributed by atoms with E-state index < -0.39 is 0 Å². The third-order valence-electron chi connectivity index (χ3n) is 5.30. The maximum Gasteiger partial charge on any atom is 0.268 e. The summed E-state index contributed by atoms with van der Waals surface area (Å²) in [7, 11) is 1.57. The zero-order valence-electron chi connectivity index (χ0n) is 19.6. The first-order valence-corrected chi connectivity index (χ1v) is 11.7. The van der Waals surface area contributed by atoms with E-state index in [1.54, 1.807) is 37.5 Å². The SMILES string of the molecule is COc1ccc(C(=O)N/C(=C\c2cccs2)C(=O)N[C@@H](C)c2ccc(C(C)(C)C)cc2)cc1. The third-order valence-corrected chi connectivity index (χ3v) is 6.12. The van der Waals surface area contributed by atoms with Crippen LogP contribution in [0, 0.1) is 0 Å². The molecule has 3 aromatic rings. The van der Waals surface area contributed by atoms with Gasteiger partial charge in [0.1, 0.15) is 11.4 Å². The molecule has 6 heteroatoms. The van der Waals surface area contributed by atoms with Crippen molar-refractivity contribution in [1.29, 1.82) is 0 Å². The Morgan fingerprint density at radius 2 is 1.67 bits per heavy atom. The average molecular weight is 463 g/mol. The topological polar surface area (TPSA) is 67.4 Å². The first-order chi connectivity index (χ1) is 15.7. The van der Waals surface area contributed by atoms with Crippen LogP contribution in [-0.4, -0.2) is 18.9 Å². The molecule has 2 N–H and O–H groups in total. The van der Waals surface area contributed by atoms with Crippen molar-refractivity contribution in [3.05, 3.63) is 93.3 Å². The van der Waals surface area contributed by atoms with E-state index in [-0.39, 0.29) is 29.0 Å². The third kappa shape index (κ3) is 6.56. The van der Waals surface area contributed by atoms with E-state index in [4.69, 9.17) is 4.74 Å². The molecule has 1 aromatic heterocycles. The Hall–Kier alpha value is -3.38. The molecule has 0 radical (unpaired) electrons. The number of thiophene rings is 1. The van der Waals surface area contributed by atoms with Gasteiger partial charge in [-0.3, -0.25) is 9.59 Å². The van der Waals surface area contributed by atoms with Crippen LogP contribution in [0.4, 0.5) is 0 Å². The second kappa shape index (κ2) is 10.5. The molecular formula is C27H30N2O3S. The van der Waals surface area contributed by atoms with Crippen LogP contribution in [0.5, 0.6) is 5.75 Å². The molecule has 0 bridgehead atoms. The molecule has 0 aliphatic rings. The molecular weight excluding hydrogens is 432 g/mol. The molecule has 1 atom stereocenters. The van der Waals surface area contributed by atoms with Crippen molar-refractivity contribution < 1.29 is 14.3 Å². The zero-order chi connectivity index (χ0) is 24.0. The number of carbonyl (C=O) groups is 2. The summed E-state index contributed by atoms with van der Waals surface area (Å²) in [6, 6.07) is 18.6. The molecule has 0 spiro atoms. The lowest BCUT2D eigenvalue weighted by Gasteiger charge is -2.21. The molecule has 2 amide bonds. The largest absolute Gasteiger partial charge is 0.497 e. The fourth-order valence-electron chi connectivity index (χ4n) is 3.24. The summed E-state index contributed by atoms with van der Waals surface area (Å²) >= 11 is 1.49. The minimum Gasteiger partial charge on any atom is -0.497 e.